The summed E-state index contributed by atoms with van der Waals surface area (Å²) in [4.78, 5) is 23.3. The molecule has 1 N–H and O–H groups in total. The predicted molar refractivity (Wildman–Crippen MR) is 83.1 cm³/mol. The number of hydrogen-bond acceptors (Lipinski definition) is 5. The molecule has 28 heavy (non-hydrogen) atoms. The van der Waals surface area contributed by atoms with Gasteiger partial charge in [0.25, 0.3) is 5.60 Å². The number of ether oxygens (including phenoxy) is 2. The number of rotatable bonds is 6. The lowest BCUT2D eigenvalue weighted by Gasteiger charge is -2.32. The highest BCUT2D eigenvalue weighted by Crippen LogP contribution is 2.50. The Labute approximate surface area is 156 Å². The van der Waals surface area contributed by atoms with E-state index in [1.54, 1.807) is 20.8 Å². The summed E-state index contributed by atoms with van der Waals surface area (Å²) in [7, 11) is 0. The fourth-order valence-corrected chi connectivity index (χ4v) is 1.88. The Kier molecular flexibility index (Phi) is 6.76. The summed E-state index contributed by atoms with van der Waals surface area (Å²) in [5.74, 6) is -2.16. The third-order valence-corrected chi connectivity index (χ3v) is 4.08. The number of aliphatic hydroxyl groups is 1. The average molecular weight is 416 g/mol. The van der Waals surface area contributed by atoms with Crippen molar-refractivity contribution in [2.75, 3.05) is 6.61 Å². The van der Waals surface area contributed by atoms with Crippen molar-refractivity contribution in [3.8, 4) is 5.75 Å². The second-order valence-corrected chi connectivity index (χ2v) is 6.52. The van der Waals surface area contributed by atoms with Crippen LogP contribution in [-0.2, 0) is 19.9 Å². The summed E-state index contributed by atoms with van der Waals surface area (Å²) in [6, 6.07) is 1.95. The summed E-state index contributed by atoms with van der Waals surface area (Å²) in [6.45, 7) is 4.10. The monoisotopic (exact) mass is 416 g/mol. The van der Waals surface area contributed by atoms with Crippen LogP contribution in [0.5, 0.6) is 5.75 Å². The molecule has 0 aliphatic carbocycles. The lowest BCUT2D eigenvalue weighted by atomic mass is 9.91. The summed E-state index contributed by atoms with van der Waals surface area (Å²) in [5, 5.41) is 9.26. The molecule has 158 valence electrons. The van der Waals surface area contributed by atoms with Gasteiger partial charge in [-0.2, -0.15) is 26.3 Å². The maximum atomic E-state index is 12.8. The maximum Gasteiger partial charge on any atom is 0.430 e. The highest BCUT2D eigenvalue weighted by atomic mass is 19.4. The minimum atomic E-state index is -6.02. The third-order valence-electron chi connectivity index (χ3n) is 4.08. The Bertz CT molecular complexity index is 692. The van der Waals surface area contributed by atoms with E-state index in [9.17, 15) is 41.0 Å². The van der Waals surface area contributed by atoms with E-state index in [0.29, 0.717) is 30.7 Å². The zero-order chi connectivity index (χ0) is 22.0. The van der Waals surface area contributed by atoms with Gasteiger partial charge >= 0.3 is 24.3 Å². The van der Waals surface area contributed by atoms with E-state index < -0.39 is 53.2 Å². The summed E-state index contributed by atoms with van der Waals surface area (Å²) >= 11 is 0. The van der Waals surface area contributed by atoms with Gasteiger partial charge in [-0.3, -0.25) is 4.79 Å². The van der Waals surface area contributed by atoms with Crippen molar-refractivity contribution >= 4 is 11.9 Å². The molecule has 0 aliphatic heterocycles. The van der Waals surface area contributed by atoms with Crippen LogP contribution in [0.2, 0.25) is 0 Å². The molecule has 5 nitrogen and oxygen atoms in total. The molecular formula is C17H18F6O5. The number of carbonyl (C=O) groups is 2. The number of hydrogen-bond donors (Lipinski definition) is 1. The zero-order valence-corrected chi connectivity index (χ0v) is 15.1. The molecule has 0 bridgehead atoms. The van der Waals surface area contributed by atoms with E-state index in [1.807, 2.05) is 0 Å². The molecule has 0 heterocycles. The van der Waals surface area contributed by atoms with E-state index in [4.69, 9.17) is 4.74 Å². The molecule has 0 aliphatic rings. The van der Waals surface area contributed by atoms with Crippen LogP contribution >= 0.6 is 0 Å². The smallest absolute Gasteiger partial charge is 0.430 e. The minimum absolute atomic E-state index is 0.329. The van der Waals surface area contributed by atoms with Gasteiger partial charge in [-0.25, -0.2) is 4.79 Å². The zero-order valence-electron chi connectivity index (χ0n) is 15.1. The summed E-state index contributed by atoms with van der Waals surface area (Å²) in [6.07, 6.45) is -11.6. The van der Waals surface area contributed by atoms with Gasteiger partial charge in [0.05, 0.1) is 5.41 Å². The number of benzene rings is 1. The second kappa shape index (κ2) is 7.98. The van der Waals surface area contributed by atoms with Gasteiger partial charge < -0.3 is 14.6 Å². The molecule has 0 radical (unpaired) electrons. The van der Waals surface area contributed by atoms with Gasteiger partial charge in [0, 0.05) is 5.56 Å². The minimum Gasteiger partial charge on any atom is -0.453 e. The maximum absolute atomic E-state index is 12.8. The van der Waals surface area contributed by atoms with E-state index >= 15 is 0 Å². The van der Waals surface area contributed by atoms with Crippen molar-refractivity contribution in [1.29, 1.82) is 0 Å². The molecule has 0 spiro atoms. The second-order valence-electron chi connectivity index (χ2n) is 6.52. The van der Waals surface area contributed by atoms with Crippen LogP contribution < -0.4 is 4.74 Å². The van der Waals surface area contributed by atoms with Gasteiger partial charge in [-0.05, 0) is 32.4 Å². The molecule has 0 fully saturated rings. The van der Waals surface area contributed by atoms with Crippen LogP contribution in [0.1, 0.15) is 32.8 Å². The Hall–Kier alpha value is -2.30. The van der Waals surface area contributed by atoms with Crippen LogP contribution in [0.4, 0.5) is 26.3 Å². The first-order valence-electron chi connectivity index (χ1n) is 7.90. The summed E-state index contributed by atoms with van der Waals surface area (Å²) in [5.41, 5.74) is -7.42. The fourth-order valence-electron chi connectivity index (χ4n) is 1.88. The van der Waals surface area contributed by atoms with E-state index in [0.717, 1.165) is 0 Å². The van der Waals surface area contributed by atoms with Crippen LogP contribution in [0.25, 0.3) is 0 Å². The van der Waals surface area contributed by atoms with Crippen molar-refractivity contribution in [2.45, 2.75) is 45.1 Å². The van der Waals surface area contributed by atoms with Gasteiger partial charge in [0.2, 0.25) is 0 Å². The molecule has 1 aromatic carbocycles. The molecule has 1 aromatic rings. The molecule has 0 amide bonds. The summed E-state index contributed by atoms with van der Waals surface area (Å²) < 4.78 is 86.2. The SMILES string of the molecule is CCC(C)(C)C(=O)OCC(=O)Oc1ccc(C(O)(C(F)(F)F)C(F)(F)F)cc1. The number of alkyl halides is 6. The molecule has 0 saturated heterocycles. The van der Waals surface area contributed by atoms with Crippen molar-refractivity contribution in [2.24, 2.45) is 5.41 Å². The quantitative estimate of drug-likeness (QED) is 0.433. The number of halogens is 6. The molecule has 0 aromatic heterocycles. The van der Waals surface area contributed by atoms with Gasteiger partial charge in [0.15, 0.2) is 6.61 Å². The standard InChI is InChI=1S/C17H18F6O5/c1-4-14(2,3)13(25)27-9-12(24)28-11-7-5-10(6-8-11)15(26,16(18,19)20)17(21,22)23/h5-8,26H,4,9H2,1-3H3. The lowest BCUT2D eigenvalue weighted by molar-refractivity contribution is -0.376. The highest BCUT2D eigenvalue weighted by Gasteiger charge is 2.71. The van der Waals surface area contributed by atoms with Crippen molar-refractivity contribution in [3.63, 3.8) is 0 Å². The first-order chi connectivity index (χ1) is 12.6. The number of carbonyl (C=O) groups excluding carboxylic acids is 2. The fraction of sp³-hybridized carbons (Fsp3) is 0.529. The van der Waals surface area contributed by atoms with Gasteiger partial charge in [0.1, 0.15) is 5.75 Å². The van der Waals surface area contributed by atoms with E-state index in [1.165, 1.54) is 0 Å². The third kappa shape index (κ3) is 4.94. The predicted octanol–water partition coefficient (Wildman–Crippen LogP) is 3.88. The molecular weight excluding hydrogens is 398 g/mol. The van der Waals surface area contributed by atoms with Crippen molar-refractivity contribution < 1.29 is 50.5 Å². The van der Waals surface area contributed by atoms with Crippen LogP contribution in [0.3, 0.4) is 0 Å². The Morgan fingerprint density at radius 3 is 1.82 bits per heavy atom. The lowest BCUT2D eigenvalue weighted by Crippen LogP contribution is -2.53. The van der Waals surface area contributed by atoms with Crippen LogP contribution in [0, 0.1) is 5.41 Å². The van der Waals surface area contributed by atoms with Crippen LogP contribution in [-0.4, -0.2) is 36.0 Å². The van der Waals surface area contributed by atoms with E-state index in [-0.39, 0.29) is 0 Å². The first-order valence-corrected chi connectivity index (χ1v) is 7.90. The number of esters is 2. The molecule has 0 saturated carbocycles. The molecule has 0 unspecified atom stereocenters. The normalized spacial score (nSPS) is 13.2. The Morgan fingerprint density at radius 2 is 1.43 bits per heavy atom. The molecule has 11 heteroatoms. The Balaban J connectivity index is 2.88. The van der Waals surface area contributed by atoms with Crippen molar-refractivity contribution in [3.05, 3.63) is 29.8 Å². The molecule has 1 rings (SSSR count). The highest BCUT2D eigenvalue weighted by molar-refractivity contribution is 5.80. The average Bonchev–Trinajstić information content (AvgIpc) is 2.57. The van der Waals surface area contributed by atoms with Crippen molar-refractivity contribution in [1.82, 2.24) is 0 Å². The largest absolute Gasteiger partial charge is 0.453 e. The van der Waals surface area contributed by atoms with Crippen LogP contribution in [0.15, 0.2) is 24.3 Å². The first kappa shape index (κ1) is 23.7. The molecule has 0 atom stereocenters. The van der Waals surface area contributed by atoms with Gasteiger partial charge in [-0.15, -0.1) is 0 Å². The van der Waals surface area contributed by atoms with Gasteiger partial charge in [-0.1, -0.05) is 19.1 Å². The Morgan fingerprint density at radius 1 is 0.964 bits per heavy atom. The van der Waals surface area contributed by atoms with E-state index in [2.05, 4.69) is 4.74 Å². The topological polar surface area (TPSA) is 72.8 Å².